The molecule has 78 heavy (non-hydrogen) atoms. The first-order valence-corrected chi connectivity index (χ1v) is 27.1. The molecular formula is C74H62N4. The van der Waals surface area contributed by atoms with Crippen molar-refractivity contribution >= 4 is 43.6 Å². The van der Waals surface area contributed by atoms with Gasteiger partial charge in [0.1, 0.15) is 0 Å². The molecule has 0 fully saturated rings. The van der Waals surface area contributed by atoms with Gasteiger partial charge in [0, 0.05) is 27.1 Å². The summed E-state index contributed by atoms with van der Waals surface area (Å²) in [5, 5.41) is 26.3. The van der Waals surface area contributed by atoms with E-state index in [0.29, 0.717) is 11.1 Å². The first kappa shape index (κ1) is 49.6. The third-order valence-corrected chi connectivity index (χ3v) is 16.4. The zero-order chi connectivity index (χ0) is 54.6. The molecular weight excluding hydrogens is 945 g/mol. The van der Waals surface area contributed by atoms with Crippen LogP contribution < -0.4 is 0 Å². The van der Waals surface area contributed by atoms with Crippen LogP contribution in [0.25, 0.3) is 111 Å². The second-order valence-electron chi connectivity index (χ2n) is 22.4. The summed E-state index contributed by atoms with van der Waals surface area (Å²) >= 11 is 0. The van der Waals surface area contributed by atoms with Crippen LogP contribution in [-0.4, -0.2) is 9.13 Å². The van der Waals surface area contributed by atoms with Gasteiger partial charge in [-0.15, -0.1) is 0 Å². The van der Waals surface area contributed by atoms with E-state index in [1.54, 1.807) is 0 Å². The Labute approximate surface area is 458 Å². The predicted octanol–water partition coefficient (Wildman–Crippen LogP) is 19.7. The Balaban J connectivity index is 1.22. The van der Waals surface area contributed by atoms with E-state index >= 15 is 0 Å². The van der Waals surface area contributed by atoms with Gasteiger partial charge in [-0.25, -0.2) is 0 Å². The van der Waals surface area contributed by atoms with E-state index in [1.165, 1.54) is 89.0 Å². The van der Waals surface area contributed by atoms with Crippen LogP contribution in [0.5, 0.6) is 0 Å². The molecule has 0 saturated carbocycles. The molecule has 0 aliphatic rings. The van der Waals surface area contributed by atoms with Gasteiger partial charge in [0.05, 0.1) is 56.7 Å². The molecule has 0 N–H and O–H groups in total. The molecule has 0 unspecified atom stereocenters. The van der Waals surface area contributed by atoms with Gasteiger partial charge in [-0.1, -0.05) is 107 Å². The smallest absolute Gasteiger partial charge is 0.0993 e. The molecule has 378 valence electrons. The van der Waals surface area contributed by atoms with Crippen LogP contribution in [0.15, 0.2) is 158 Å². The van der Waals surface area contributed by atoms with Crippen molar-refractivity contribution in [1.82, 2.24) is 9.13 Å². The highest BCUT2D eigenvalue weighted by Gasteiger charge is 2.26. The molecule has 4 heteroatoms. The molecule has 0 bridgehead atoms. The fourth-order valence-corrected chi connectivity index (χ4v) is 13.8. The Bertz CT molecular complexity index is 4070. The number of hydrogen-bond donors (Lipinski definition) is 0. The fourth-order valence-electron chi connectivity index (χ4n) is 13.8. The van der Waals surface area contributed by atoms with Crippen molar-refractivity contribution in [2.24, 2.45) is 0 Å². The zero-order valence-corrected chi connectivity index (χ0v) is 46.8. The van der Waals surface area contributed by atoms with Crippen LogP contribution in [0.1, 0.15) is 77.9 Å². The maximum absolute atomic E-state index is 11.3. The number of rotatable bonds is 7. The van der Waals surface area contributed by atoms with Gasteiger partial charge in [0.25, 0.3) is 0 Å². The maximum Gasteiger partial charge on any atom is 0.0993 e. The first-order chi connectivity index (χ1) is 37.5. The van der Waals surface area contributed by atoms with E-state index in [2.05, 4.69) is 244 Å². The van der Waals surface area contributed by atoms with Crippen LogP contribution in [-0.2, 0) is 0 Å². The maximum atomic E-state index is 11.3. The molecule has 2 aromatic heterocycles. The first-order valence-electron chi connectivity index (χ1n) is 27.1. The Morgan fingerprint density at radius 1 is 0.269 bits per heavy atom. The minimum Gasteiger partial charge on any atom is -0.308 e. The molecule has 0 atom stereocenters. The molecule has 0 spiro atoms. The SMILES string of the molecule is Cc1cc(C)c(-c2ccc3c(c2)c2cc(-c4c(C)cc(C)cc4C)ccc2n3-c2cc(C#N)cc(-n3c4ccc(-c5c(C)cc(C)cc5C)cc4c4cc(-c5c(C)cc(C)cc5C)ccc43)c2-c2cccc(C#N)c2)c(C)c1. The lowest BCUT2D eigenvalue weighted by atomic mass is 9.91. The quantitative estimate of drug-likeness (QED) is 0.160. The average Bonchev–Trinajstić information content (AvgIpc) is 3.98. The van der Waals surface area contributed by atoms with Gasteiger partial charge in [0.2, 0.25) is 0 Å². The van der Waals surface area contributed by atoms with E-state index < -0.39 is 0 Å². The number of benzene rings is 10. The summed E-state index contributed by atoms with van der Waals surface area (Å²) in [5.74, 6) is 0. The Hall–Kier alpha value is -9.22. The van der Waals surface area contributed by atoms with E-state index in [9.17, 15) is 10.5 Å². The molecule has 2 heterocycles. The highest BCUT2D eigenvalue weighted by atomic mass is 15.0. The second kappa shape index (κ2) is 18.8. The van der Waals surface area contributed by atoms with Gasteiger partial charge in [-0.05, 0) is 250 Å². The van der Waals surface area contributed by atoms with Crippen molar-refractivity contribution in [3.05, 3.63) is 236 Å². The van der Waals surface area contributed by atoms with Crippen molar-refractivity contribution in [2.75, 3.05) is 0 Å². The topological polar surface area (TPSA) is 57.4 Å². The number of aryl methyl sites for hydroxylation is 12. The zero-order valence-electron chi connectivity index (χ0n) is 46.8. The summed E-state index contributed by atoms with van der Waals surface area (Å²) < 4.78 is 4.74. The summed E-state index contributed by atoms with van der Waals surface area (Å²) in [7, 11) is 0. The van der Waals surface area contributed by atoms with Crippen LogP contribution in [0, 0.1) is 106 Å². The summed E-state index contributed by atoms with van der Waals surface area (Å²) in [6, 6.07) is 63.0. The van der Waals surface area contributed by atoms with Crippen molar-refractivity contribution in [3.8, 4) is 79.1 Å². The monoisotopic (exact) mass is 1010 g/mol. The molecule has 0 amide bonds. The van der Waals surface area contributed by atoms with Gasteiger partial charge in [-0.2, -0.15) is 10.5 Å². The number of nitrogens with zero attached hydrogens (tertiary/aromatic N) is 4. The lowest BCUT2D eigenvalue weighted by molar-refractivity contribution is 1.13. The highest BCUT2D eigenvalue weighted by Crippen LogP contribution is 2.47. The highest BCUT2D eigenvalue weighted by molar-refractivity contribution is 6.15. The molecule has 12 aromatic rings. The lowest BCUT2D eigenvalue weighted by Crippen LogP contribution is -2.05. The summed E-state index contributed by atoms with van der Waals surface area (Å²) in [4.78, 5) is 0. The van der Waals surface area contributed by atoms with Gasteiger partial charge in [-0.3, -0.25) is 0 Å². The Kier molecular flexibility index (Phi) is 12.0. The van der Waals surface area contributed by atoms with E-state index in [0.717, 1.165) is 88.4 Å². The predicted molar refractivity (Wildman–Crippen MR) is 329 cm³/mol. The van der Waals surface area contributed by atoms with Crippen LogP contribution in [0.3, 0.4) is 0 Å². The molecule has 0 aliphatic heterocycles. The second-order valence-corrected chi connectivity index (χ2v) is 22.4. The third-order valence-electron chi connectivity index (χ3n) is 16.4. The van der Waals surface area contributed by atoms with Crippen LogP contribution in [0.4, 0.5) is 0 Å². The van der Waals surface area contributed by atoms with E-state index in [-0.39, 0.29) is 0 Å². The summed E-state index contributed by atoms with van der Waals surface area (Å²) in [6.07, 6.45) is 0. The van der Waals surface area contributed by atoms with Gasteiger partial charge >= 0.3 is 0 Å². The van der Waals surface area contributed by atoms with E-state index in [4.69, 9.17) is 0 Å². The standard InChI is InChI=1S/C74H62N4/c1-41-24-45(5)70(46(6)25-41)56-16-20-64-60(35-56)61-36-57(71-47(7)26-42(2)27-48(71)8)17-21-65(61)77(64)68-33-54(40-76)34-69(74(68)55-15-13-14-53(32-55)39-75)78-66-22-18-58(72-49(9)28-43(3)29-50(72)10)37-62(66)63-38-59(19-23-67(63)78)73-51(11)30-44(4)31-52(73)12/h13-38H,1-12H3. The lowest BCUT2D eigenvalue weighted by Gasteiger charge is -2.21. The molecule has 0 saturated heterocycles. The average molecular weight is 1010 g/mol. The van der Waals surface area contributed by atoms with Crippen molar-refractivity contribution in [3.63, 3.8) is 0 Å². The normalized spacial score (nSPS) is 11.6. The molecule has 0 aliphatic carbocycles. The third kappa shape index (κ3) is 8.11. The van der Waals surface area contributed by atoms with Gasteiger partial charge in [0.15, 0.2) is 0 Å². The van der Waals surface area contributed by atoms with Gasteiger partial charge < -0.3 is 9.13 Å². The minimum absolute atomic E-state index is 0.528. The fraction of sp³-hybridized carbons (Fsp3) is 0.162. The number of hydrogen-bond acceptors (Lipinski definition) is 2. The van der Waals surface area contributed by atoms with Crippen molar-refractivity contribution in [2.45, 2.75) is 83.1 Å². The Morgan fingerprint density at radius 2 is 0.538 bits per heavy atom. The number of nitriles is 2. The van der Waals surface area contributed by atoms with Crippen LogP contribution in [0.2, 0.25) is 0 Å². The summed E-state index contributed by atoms with van der Waals surface area (Å²) in [6.45, 7) is 26.4. The van der Waals surface area contributed by atoms with Crippen molar-refractivity contribution < 1.29 is 0 Å². The number of aromatic nitrogens is 2. The molecule has 0 radical (unpaired) electrons. The van der Waals surface area contributed by atoms with Crippen LogP contribution >= 0.6 is 0 Å². The Morgan fingerprint density at radius 3 is 0.808 bits per heavy atom. The number of fused-ring (bicyclic) bond motifs is 6. The van der Waals surface area contributed by atoms with Crippen molar-refractivity contribution in [1.29, 1.82) is 10.5 Å². The molecule has 10 aromatic carbocycles. The molecule has 12 rings (SSSR count). The van der Waals surface area contributed by atoms with E-state index in [1.807, 2.05) is 18.2 Å². The molecule has 4 nitrogen and oxygen atoms in total. The minimum atomic E-state index is 0.528. The largest absolute Gasteiger partial charge is 0.308 e. The summed E-state index contributed by atoms with van der Waals surface area (Å²) in [5.41, 5.74) is 33.2.